The molecule has 2 aliphatic rings. The molecule has 1 aromatic rings. The monoisotopic (exact) mass is 304 g/mol. The maximum Gasteiger partial charge on any atom is 0.235 e. The van der Waals surface area contributed by atoms with Gasteiger partial charge < -0.3 is 9.80 Å². The number of piperazine rings is 1. The molecule has 114 valence electrons. The Morgan fingerprint density at radius 3 is 2.67 bits per heavy atom. The van der Waals surface area contributed by atoms with E-state index in [0.717, 1.165) is 38.4 Å². The fourth-order valence-corrected chi connectivity index (χ4v) is 4.43. The van der Waals surface area contributed by atoms with E-state index in [-0.39, 0.29) is 5.25 Å². The van der Waals surface area contributed by atoms with Crippen molar-refractivity contribution in [3.63, 3.8) is 0 Å². The predicted molar refractivity (Wildman–Crippen MR) is 90.1 cm³/mol. The summed E-state index contributed by atoms with van der Waals surface area (Å²) >= 11 is 1.86. The van der Waals surface area contributed by atoms with Crippen molar-refractivity contribution in [3.8, 4) is 0 Å². The van der Waals surface area contributed by atoms with Gasteiger partial charge in [-0.2, -0.15) is 0 Å². The van der Waals surface area contributed by atoms with Crippen LogP contribution in [0.2, 0.25) is 0 Å². The Morgan fingerprint density at radius 2 is 2.00 bits per heavy atom. The minimum Gasteiger partial charge on any atom is -0.368 e. The quantitative estimate of drug-likeness (QED) is 0.839. The van der Waals surface area contributed by atoms with E-state index in [2.05, 4.69) is 41.0 Å². The molecule has 2 heterocycles. The first-order valence-corrected chi connectivity index (χ1v) is 9.01. The summed E-state index contributed by atoms with van der Waals surface area (Å²) in [6, 6.07) is 8.64. The number of benzene rings is 1. The molecule has 1 atom stereocenters. The van der Waals surface area contributed by atoms with Crippen molar-refractivity contribution >= 4 is 23.4 Å². The smallest absolute Gasteiger partial charge is 0.235 e. The first-order chi connectivity index (χ1) is 10.2. The zero-order valence-electron chi connectivity index (χ0n) is 12.8. The molecule has 21 heavy (non-hydrogen) atoms. The van der Waals surface area contributed by atoms with Crippen LogP contribution in [0.1, 0.15) is 24.8 Å². The van der Waals surface area contributed by atoms with Crippen LogP contribution in [0.15, 0.2) is 24.3 Å². The summed E-state index contributed by atoms with van der Waals surface area (Å²) in [5, 5.41) is 0.226. The third-order valence-corrected chi connectivity index (χ3v) is 5.78. The van der Waals surface area contributed by atoms with Gasteiger partial charge in [0.15, 0.2) is 0 Å². The fraction of sp³-hybridized carbons (Fsp3) is 0.588. The molecule has 0 aliphatic carbocycles. The van der Waals surface area contributed by atoms with Gasteiger partial charge >= 0.3 is 0 Å². The average molecular weight is 304 g/mol. The van der Waals surface area contributed by atoms with Crippen LogP contribution < -0.4 is 4.90 Å². The van der Waals surface area contributed by atoms with Crippen molar-refractivity contribution in [2.24, 2.45) is 0 Å². The number of aryl methyl sites for hydroxylation is 1. The SMILES string of the molecule is Cc1cccc(N2CCN(C(=O)C3CCCCS3)CC2)c1. The Kier molecular flexibility index (Phi) is 4.73. The van der Waals surface area contributed by atoms with Crippen molar-refractivity contribution in [3.05, 3.63) is 29.8 Å². The third-order valence-electron chi connectivity index (χ3n) is 4.41. The highest BCUT2D eigenvalue weighted by molar-refractivity contribution is 8.00. The van der Waals surface area contributed by atoms with Gasteiger partial charge in [0.25, 0.3) is 0 Å². The molecule has 3 rings (SSSR count). The van der Waals surface area contributed by atoms with Crippen LogP contribution in [-0.2, 0) is 4.79 Å². The van der Waals surface area contributed by atoms with Gasteiger partial charge in [0, 0.05) is 31.9 Å². The van der Waals surface area contributed by atoms with E-state index in [1.54, 1.807) is 0 Å². The third kappa shape index (κ3) is 3.54. The van der Waals surface area contributed by atoms with E-state index >= 15 is 0 Å². The van der Waals surface area contributed by atoms with E-state index in [1.807, 2.05) is 11.8 Å². The molecule has 1 unspecified atom stereocenters. The van der Waals surface area contributed by atoms with E-state index in [4.69, 9.17) is 0 Å². The second kappa shape index (κ2) is 6.73. The molecule has 0 bridgehead atoms. The summed E-state index contributed by atoms with van der Waals surface area (Å²) in [4.78, 5) is 17.0. The lowest BCUT2D eigenvalue weighted by molar-refractivity contribution is -0.131. The predicted octanol–water partition coefficient (Wildman–Crippen LogP) is 2.93. The molecule has 4 heteroatoms. The molecule has 0 N–H and O–H groups in total. The maximum absolute atomic E-state index is 12.5. The van der Waals surface area contributed by atoms with Crippen LogP contribution in [0, 0.1) is 6.92 Å². The maximum atomic E-state index is 12.5. The molecule has 0 spiro atoms. The molecular weight excluding hydrogens is 280 g/mol. The minimum atomic E-state index is 0.226. The molecule has 2 saturated heterocycles. The molecule has 3 nitrogen and oxygen atoms in total. The van der Waals surface area contributed by atoms with E-state index in [0.29, 0.717) is 5.91 Å². The second-order valence-corrected chi connectivity index (χ2v) is 7.32. The average Bonchev–Trinajstić information content (AvgIpc) is 2.55. The normalized spacial score (nSPS) is 23.2. The van der Waals surface area contributed by atoms with Crippen LogP contribution in [-0.4, -0.2) is 48.0 Å². The molecule has 0 aromatic heterocycles. The highest BCUT2D eigenvalue weighted by Crippen LogP contribution is 2.27. The molecule has 0 saturated carbocycles. The van der Waals surface area contributed by atoms with E-state index in [1.165, 1.54) is 24.1 Å². The van der Waals surface area contributed by atoms with Crippen LogP contribution in [0.5, 0.6) is 0 Å². The number of rotatable bonds is 2. The van der Waals surface area contributed by atoms with Crippen molar-refractivity contribution in [2.75, 3.05) is 36.8 Å². The first-order valence-electron chi connectivity index (χ1n) is 7.96. The summed E-state index contributed by atoms with van der Waals surface area (Å²) in [7, 11) is 0. The second-order valence-electron chi connectivity index (χ2n) is 6.01. The minimum absolute atomic E-state index is 0.226. The summed E-state index contributed by atoms with van der Waals surface area (Å²) < 4.78 is 0. The number of anilines is 1. The van der Waals surface area contributed by atoms with Crippen LogP contribution >= 0.6 is 11.8 Å². The number of hydrogen-bond acceptors (Lipinski definition) is 3. The lowest BCUT2D eigenvalue weighted by Gasteiger charge is -2.38. The molecule has 1 aromatic carbocycles. The lowest BCUT2D eigenvalue weighted by Crippen LogP contribution is -2.51. The van der Waals surface area contributed by atoms with Gasteiger partial charge in [0.1, 0.15) is 0 Å². The highest BCUT2D eigenvalue weighted by Gasteiger charge is 2.28. The molecule has 1 amide bonds. The van der Waals surface area contributed by atoms with Crippen molar-refractivity contribution in [1.82, 2.24) is 4.90 Å². The van der Waals surface area contributed by atoms with Gasteiger partial charge in [-0.05, 0) is 43.2 Å². The van der Waals surface area contributed by atoms with Crippen LogP contribution in [0.3, 0.4) is 0 Å². The van der Waals surface area contributed by atoms with Crippen LogP contribution in [0.25, 0.3) is 0 Å². The zero-order chi connectivity index (χ0) is 14.7. The Labute approximate surface area is 131 Å². The van der Waals surface area contributed by atoms with Gasteiger partial charge in [-0.3, -0.25) is 4.79 Å². The number of carbonyl (C=O) groups is 1. The van der Waals surface area contributed by atoms with Crippen molar-refractivity contribution < 1.29 is 4.79 Å². The van der Waals surface area contributed by atoms with Crippen molar-refractivity contribution in [2.45, 2.75) is 31.4 Å². The number of hydrogen-bond donors (Lipinski definition) is 0. The van der Waals surface area contributed by atoms with Gasteiger partial charge in [-0.25, -0.2) is 0 Å². The highest BCUT2D eigenvalue weighted by atomic mass is 32.2. The van der Waals surface area contributed by atoms with Crippen molar-refractivity contribution in [1.29, 1.82) is 0 Å². The lowest BCUT2D eigenvalue weighted by atomic mass is 10.1. The Morgan fingerprint density at radius 1 is 1.19 bits per heavy atom. The Bertz CT molecular complexity index is 491. The summed E-state index contributed by atoms with van der Waals surface area (Å²) in [6.45, 7) is 5.76. The summed E-state index contributed by atoms with van der Waals surface area (Å²) in [5.74, 6) is 1.53. The zero-order valence-corrected chi connectivity index (χ0v) is 13.6. The number of thioether (sulfide) groups is 1. The van der Waals surface area contributed by atoms with Gasteiger partial charge in [-0.15, -0.1) is 11.8 Å². The molecular formula is C17H24N2OS. The fourth-order valence-electron chi connectivity index (χ4n) is 3.15. The van der Waals surface area contributed by atoms with E-state index < -0.39 is 0 Å². The number of nitrogens with zero attached hydrogens (tertiary/aromatic N) is 2. The Balaban J connectivity index is 1.56. The standard InChI is InChI=1S/C17H24N2OS/c1-14-5-4-6-15(13-14)18-8-10-19(11-9-18)17(20)16-7-2-3-12-21-16/h4-6,13,16H,2-3,7-12H2,1H3. The molecule has 2 fully saturated rings. The molecule has 0 radical (unpaired) electrons. The number of carbonyl (C=O) groups excluding carboxylic acids is 1. The first kappa shape index (κ1) is 14.8. The van der Waals surface area contributed by atoms with Gasteiger partial charge in [0.2, 0.25) is 5.91 Å². The van der Waals surface area contributed by atoms with E-state index in [9.17, 15) is 4.79 Å². The topological polar surface area (TPSA) is 23.6 Å². The van der Waals surface area contributed by atoms with Gasteiger partial charge in [0.05, 0.1) is 5.25 Å². The Hall–Kier alpha value is -1.16. The summed E-state index contributed by atoms with van der Waals surface area (Å²) in [5.41, 5.74) is 2.58. The largest absolute Gasteiger partial charge is 0.368 e. The summed E-state index contributed by atoms with van der Waals surface area (Å²) in [6.07, 6.45) is 3.56. The molecule has 2 aliphatic heterocycles. The van der Waals surface area contributed by atoms with Crippen LogP contribution in [0.4, 0.5) is 5.69 Å². The van der Waals surface area contributed by atoms with Gasteiger partial charge in [-0.1, -0.05) is 18.6 Å². The number of amides is 1.